The summed E-state index contributed by atoms with van der Waals surface area (Å²) in [6, 6.07) is 0.380. The number of nitrogens with zero attached hydrogens (tertiary/aromatic N) is 4. The summed E-state index contributed by atoms with van der Waals surface area (Å²) in [7, 11) is 1.21. The zero-order valence-corrected chi connectivity index (χ0v) is 16.8. The molecule has 0 spiro atoms. The number of ether oxygens (including phenoxy) is 1. The second-order valence-corrected chi connectivity index (χ2v) is 7.26. The highest BCUT2D eigenvalue weighted by Crippen LogP contribution is 2.40. The minimum absolute atomic E-state index is 0.0947. The lowest BCUT2D eigenvalue weighted by atomic mass is 10.0. The number of aromatic nitrogens is 2. The molecule has 14 nitrogen and oxygen atoms in total. The van der Waals surface area contributed by atoms with Crippen molar-refractivity contribution in [2.45, 2.75) is 11.4 Å². The van der Waals surface area contributed by atoms with Crippen LogP contribution in [0.3, 0.4) is 0 Å². The van der Waals surface area contributed by atoms with Gasteiger partial charge in [-0.3, -0.25) is 14.5 Å². The number of fused-ring (bicyclic) bond motifs is 1. The van der Waals surface area contributed by atoms with Gasteiger partial charge in [-0.2, -0.15) is 0 Å². The quantitative estimate of drug-likeness (QED) is 0.207. The Kier molecular flexibility index (Phi) is 6.24. The third-order valence-corrected chi connectivity index (χ3v) is 5.55. The number of oxime groups is 1. The first-order chi connectivity index (χ1) is 14.7. The highest BCUT2D eigenvalue weighted by atomic mass is 32.2. The van der Waals surface area contributed by atoms with Crippen LogP contribution >= 0.6 is 11.8 Å². The number of carboxylic acids is 1. The summed E-state index contributed by atoms with van der Waals surface area (Å²) in [6.07, 6.45) is 0.251. The Labute approximate surface area is 178 Å². The van der Waals surface area contributed by atoms with E-state index in [-0.39, 0.29) is 41.0 Å². The summed E-state index contributed by atoms with van der Waals surface area (Å²) in [5.74, 6) is -2.72. The van der Waals surface area contributed by atoms with Crippen LogP contribution in [0.25, 0.3) is 0 Å². The Morgan fingerprint density at radius 1 is 1.45 bits per heavy atom. The molecular weight excluding hydrogens is 434 g/mol. The van der Waals surface area contributed by atoms with Crippen molar-refractivity contribution in [3.8, 4) is 0 Å². The molecule has 15 heteroatoms. The van der Waals surface area contributed by atoms with Gasteiger partial charge >= 0.3 is 12.1 Å². The number of aliphatic carboxylic acids is 1. The van der Waals surface area contributed by atoms with Crippen molar-refractivity contribution in [1.29, 1.82) is 0 Å². The number of carboxylic acid groups (broad SMARTS) is 1. The second kappa shape index (κ2) is 8.86. The summed E-state index contributed by atoms with van der Waals surface area (Å²) in [6.45, 7) is -0.366. The number of thioether (sulfide) groups is 1. The van der Waals surface area contributed by atoms with E-state index >= 15 is 0 Å². The molecule has 0 radical (unpaired) electrons. The number of nitrogen functional groups attached to an aromatic ring is 1. The molecule has 164 valence electrons. The van der Waals surface area contributed by atoms with Gasteiger partial charge in [-0.05, 0) is 6.07 Å². The van der Waals surface area contributed by atoms with Gasteiger partial charge in [0.2, 0.25) is 5.71 Å². The first-order valence-electron chi connectivity index (χ1n) is 8.57. The Hall–Kier alpha value is -3.88. The standard InChI is InChI=1S/C16H17N7O7S/c1-29-22-8(11-19-3-2-7(17)20-11)12(24)21-9-13(25)23-10(15(26)27)6(4-30-16(18)28)5-31-14(9)23/h2-3,9,14H,4-5H2,1H3,(H2,18,28)(H,21,24)(H,26,27)(H2,17,19,20)/t9?,14-/m0/s1. The highest BCUT2D eigenvalue weighted by molar-refractivity contribution is 8.00. The SMILES string of the molecule is CON=C(C(=O)NC1C(=O)N2C(C(=O)O)=C(COC(N)=O)CS[C@@H]12)c1nccc(N)n1. The Morgan fingerprint density at radius 2 is 2.19 bits per heavy atom. The van der Waals surface area contributed by atoms with E-state index in [0.717, 1.165) is 4.90 Å². The Balaban J connectivity index is 1.79. The van der Waals surface area contributed by atoms with Gasteiger partial charge in [0.05, 0.1) is 0 Å². The van der Waals surface area contributed by atoms with E-state index in [1.54, 1.807) is 0 Å². The number of β-lactam (4-membered cyclic amide) rings is 1. The zero-order chi connectivity index (χ0) is 22.7. The first kappa shape index (κ1) is 21.8. The minimum Gasteiger partial charge on any atom is -0.477 e. The van der Waals surface area contributed by atoms with Gasteiger partial charge in [-0.1, -0.05) is 5.16 Å². The van der Waals surface area contributed by atoms with Crippen molar-refractivity contribution < 1.29 is 33.9 Å². The van der Waals surface area contributed by atoms with Crippen LogP contribution in [0.4, 0.5) is 10.6 Å². The molecule has 6 N–H and O–H groups in total. The maximum Gasteiger partial charge on any atom is 0.404 e. The molecule has 0 saturated carbocycles. The van der Waals surface area contributed by atoms with Crippen LogP contribution in [0.1, 0.15) is 5.82 Å². The highest BCUT2D eigenvalue weighted by Gasteiger charge is 2.54. The lowest BCUT2D eigenvalue weighted by Gasteiger charge is -2.49. The summed E-state index contributed by atoms with van der Waals surface area (Å²) in [5, 5.41) is 14.9. The minimum atomic E-state index is -1.37. The van der Waals surface area contributed by atoms with Crippen LogP contribution in [0.15, 0.2) is 28.7 Å². The number of hydrogen-bond donors (Lipinski definition) is 4. The van der Waals surface area contributed by atoms with Crippen LogP contribution in [0, 0.1) is 0 Å². The summed E-state index contributed by atoms with van der Waals surface area (Å²) >= 11 is 1.19. The van der Waals surface area contributed by atoms with Gasteiger partial charge in [-0.25, -0.2) is 19.6 Å². The number of anilines is 1. The van der Waals surface area contributed by atoms with Crippen molar-refractivity contribution >= 4 is 47.2 Å². The molecule has 3 rings (SSSR count). The maximum absolute atomic E-state index is 12.7. The molecule has 3 heterocycles. The molecule has 2 aliphatic rings. The van der Waals surface area contributed by atoms with E-state index in [9.17, 15) is 24.3 Å². The molecule has 0 aliphatic carbocycles. The number of amides is 3. The summed E-state index contributed by atoms with van der Waals surface area (Å²) in [4.78, 5) is 61.4. The van der Waals surface area contributed by atoms with Crippen LogP contribution in [0.5, 0.6) is 0 Å². The first-order valence-corrected chi connectivity index (χ1v) is 9.62. The van der Waals surface area contributed by atoms with Crippen LogP contribution in [-0.4, -0.2) is 80.4 Å². The maximum atomic E-state index is 12.7. The monoisotopic (exact) mass is 451 g/mol. The van der Waals surface area contributed by atoms with Gasteiger partial charge in [0.25, 0.3) is 11.8 Å². The number of nitrogens with one attached hydrogen (secondary N) is 1. The number of nitrogens with two attached hydrogens (primary N) is 2. The van der Waals surface area contributed by atoms with E-state index < -0.39 is 35.3 Å². The van der Waals surface area contributed by atoms with Crippen molar-refractivity contribution in [3.05, 3.63) is 29.4 Å². The van der Waals surface area contributed by atoms with Crippen molar-refractivity contribution in [1.82, 2.24) is 20.2 Å². The molecule has 0 aromatic carbocycles. The number of rotatable bonds is 7. The van der Waals surface area contributed by atoms with Crippen molar-refractivity contribution in [2.24, 2.45) is 10.9 Å². The van der Waals surface area contributed by atoms with Crippen molar-refractivity contribution in [3.63, 3.8) is 0 Å². The molecule has 1 fully saturated rings. The molecule has 1 aromatic heterocycles. The molecule has 0 bridgehead atoms. The van der Waals surface area contributed by atoms with Gasteiger partial charge in [-0.15, -0.1) is 11.8 Å². The van der Waals surface area contributed by atoms with E-state index in [4.69, 9.17) is 11.5 Å². The average molecular weight is 451 g/mol. The largest absolute Gasteiger partial charge is 0.477 e. The predicted octanol–water partition coefficient (Wildman–Crippen LogP) is -1.76. The number of primary amides is 1. The van der Waals surface area contributed by atoms with Crippen LogP contribution in [-0.2, 0) is 24.0 Å². The fraction of sp³-hybridized carbons (Fsp3) is 0.312. The van der Waals surface area contributed by atoms with E-state index in [0.29, 0.717) is 0 Å². The molecule has 1 aromatic rings. The van der Waals surface area contributed by atoms with Gasteiger partial charge < -0.3 is 31.5 Å². The van der Waals surface area contributed by atoms with Gasteiger partial charge in [0, 0.05) is 17.5 Å². The zero-order valence-electron chi connectivity index (χ0n) is 16.0. The third kappa shape index (κ3) is 4.35. The fourth-order valence-corrected chi connectivity index (χ4v) is 4.25. The van der Waals surface area contributed by atoms with E-state index in [2.05, 4.69) is 30.0 Å². The molecule has 2 atom stereocenters. The smallest absolute Gasteiger partial charge is 0.404 e. The third-order valence-electron chi connectivity index (χ3n) is 4.21. The lowest BCUT2D eigenvalue weighted by molar-refractivity contribution is -0.150. The predicted molar refractivity (Wildman–Crippen MR) is 105 cm³/mol. The number of carbonyl (C=O) groups excluding carboxylic acids is 3. The number of hydrogen-bond acceptors (Lipinski definition) is 11. The second-order valence-electron chi connectivity index (χ2n) is 6.15. The molecule has 1 saturated heterocycles. The van der Waals surface area contributed by atoms with E-state index in [1.807, 2.05) is 0 Å². The van der Waals surface area contributed by atoms with Gasteiger partial charge in [0.15, 0.2) is 5.82 Å². The molecule has 31 heavy (non-hydrogen) atoms. The van der Waals surface area contributed by atoms with Crippen LogP contribution < -0.4 is 16.8 Å². The van der Waals surface area contributed by atoms with Gasteiger partial charge in [0.1, 0.15) is 36.6 Å². The summed E-state index contributed by atoms with van der Waals surface area (Å²) in [5.41, 5.74) is 10.1. The molecular formula is C16H17N7O7S. The van der Waals surface area contributed by atoms with E-state index in [1.165, 1.54) is 31.1 Å². The van der Waals surface area contributed by atoms with Crippen molar-refractivity contribution in [2.75, 3.05) is 25.2 Å². The molecule has 2 aliphatic heterocycles. The Morgan fingerprint density at radius 3 is 2.81 bits per heavy atom. The molecule has 1 unspecified atom stereocenters. The average Bonchev–Trinajstić information content (AvgIpc) is 2.73. The topological polar surface area (TPSA) is 212 Å². The number of carbonyl (C=O) groups is 4. The molecule has 3 amide bonds. The van der Waals surface area contributed by atoms with Crippen LogP contribution in [0.2, 0.25) is 0 Å². The Bertz CT molecular complexity index is 1010. The summed E-state index contributed by atoms with van der Waals surface area (Å²) < 4.78 is 4.66. The normalized spacial score (nSPS) is 20.5. The lowest BCUT2D eigenvalue weighted by Crippen LogP contribution is -2.71. The fourth-order valence-electron chi connectivity index (χ4n) is 2.92.